The molecule has 0 atom stereocenters. The third-order valence-corrected chi connectivity index (χ3v) is 5.48. The number of hydrogen-bond donors (Lipinski definition) is 1. The van der Waals surface area contributed by atoms with Crippen LogP contribution in [0.5, 0.6) is 0 Å². The average Bonchev–Trinajstić information content (AvgIpc) is 2.45. The summed E-state index contributed by atoms with van der Waals surface area (Å²) in [6.07, 6.45) is 0. The average molecular weight is 353 g/mol. The summed E-state index contributed by atoms with van der Waals surface area (Å²) in [5.41, 5.74) is 1.96. The van der Waals surface area contributed by atoms with Crippen molar-refractivity contribution in [1.82, 2.24) is 0 Å². The van der Waals surface area contributed by atoms with Gasteiger partial charge >= 0.3 is 0 Å². The highest BCUT2D eigenvalue weighted by Crippen LogP contribution is 2.26. The second kappa shape index (κ2) is 6.22. The number of rotatable bonds is 4. The molecule has 0 saturated carbocycles. The zero-order valence-electron chi connectivity index (χ0n) is 12.8. The van der Waals surface area contributed by atoms with Gasteiger partial charge in [-0.15, -0.1) is 0 Å². The minimum Gasteiger partial charge on any atom is -0.545 e. The number of carbonyl (C=O) groups is 1. The van der Waals surface area contributed by atoms with Crippen molar-refractivity contribution in [1.29, 1.82) is 0 Å². The van der Waals surface area contributed by atoms with Gasteiger partial charge in [0.05, 0.1) is 16.6 Å². The number of halogens is 1. The van der Waals surface area contributed by atoms with Crippen LogP contribution in [0, 0.1) is 20.8 Å². The van der Waals surface area contributed by atoms with Crippen LogP contribution in [0.25, 0.3) is 0 Å². The van der Waals surface area contributed by atoms with Crippen LogP contribution in [0.2, 0.25) is 5.02 Å². The molecule has 0 amide bonds. The van der Waals surface area contributed by atoms with Crippen molar-refractivity contribution in [2.24, 2.45) is 0 Å². The number of aryl methyl sites for hydroxylation is 2. The van der Waals surface area contributed by atoms with Crippen LogP contribution in [0.15, 0.2) is 35.2 Å². The molecule has 0 unspecified atom stereocenters. The van der Waals surface area contributed by atoms with E-state index in [-0.39, 0.29) is 10.5 Å². The van der Waals surface area contributed by atoms with E-state index in [0.717, 1.165) is 11.6 Å². The molecule has 0 aliphatic rings. The van der Waals surface area contributed by atoms with Gasteiger partial charge in [-0.05, 0) is 67.3 Å². The van der Waals surface area contributed by atoms with Crippen molar-refractivity contribution < 1.29 is 18.3 Å². The number of benzene rings is 2. The van der Waals surface area contributed by atoms with Gasteiger partial charge in [-0.1, -0.05) is 17.7 Å². The summed E-state index contributed by atoms with van der Waals surface area (Å²) in [7, 11) is -3.95. The molecule has 1 N–H and O–H groups in total. The molecule has 5 nitrogen and oxygen atoms in total. The second-order valence-electron chi connectivity index (χ2n) is 5.27. The standard InChI is InChI=1S/C16H16ClNO4S/c1-9-4-5-13(8-14(9)17)18-23(21,22)15-7-12(16(19)20)6-10(2)11(15)3/h4-8,18H,1-3H3,(H,19,20)/p-1. The van der Waals surface area contributed by atoms with E-state index in [2.05, 4.69) is 4.72 Å². The Kier molecular flexibility index (Phi) is 4.68. The maximum absolute atomic E-state index is 12.6. The van der Waals surface area contributed by atoms with Gasteiger partial charge < -0.3 is 9.90 Å². The summed E-state index contributed by atoms with van der Waals surface area (Å²) in [6, 6.07) is 7.25. The molecule has 0 aromatic heterocycles. The quantitative estimate of drug-likeness (QED) is 0.915. The number of hydrogen-bond acceptors (Lipinski definition) is 4. The lowest BCUT2D eigenvalue weighted by molar-refractivity contribution is -0.255. The van der Waals surface area contributed by atoms with Gasteiger partial charge in [-0.2, -0.15) is 0 Å². The second-order valence-corrected chi connectivity index (χ2v) is 7.33. The van der Waals surface area contributed by atoms with Gasteiger partial charge in [0.25, 0.3) is 10.0 Å². The highest BCUT2D eigenvalue weighted by molar-refractivity contribution is 7.92. The Morgan fingerprint density at radius 1 is 1.09 bits per heavy atom. The third kappa shape index (κ3) is 3.65. The van der Waals surface area contributed by atoms with Crippen molar-refractivity contribution in [3.8, 4) is 0 Å². The van der Waals surface area contributed by atoms with E-state index in [4.69, 9.17) is 11.6 Å². The van der Waals surface area contributed by atoms with Gasteiger partial charge in [-0.3, -0.25) is 4.72 Å². The molecular weight excluding hydrogens is 338 g/mol. The fraction of sp³-hybridized carbons (Fsp3) is 0.188. The monoisotopic (exact) mass is 352 g/mol. The Balaban J connectivity index is 2.51. The first-order chi connectivity index (χ1) is 10.6. The predicted molar refractivity (Wildman–Crippen MR) is 87.2 cm³/mol. The molecule has 23 heavy (non-hydrogen) atoms. The summed E-state index contributed by atoms with van der Waals surface area (Å²) >= 11 is 5.99. The van der Waals surface area contributed by atoms with Crippen LogP contribution >= 0.6 is 11.6 Å². The molecule has 0 spiro atoms. The largest absolute Gasteiger partial charge is 0.545 e. The summed E-state index contributed by atoms with van der Waals surface area (Å²) in [5.74, 6) is -1.43. The Labute approximate surface area is 140 Å². The van der Waals surface area contributed by atoms with Crippen molar-refractivity contribution in [3.63, 3.8) is 0 Å². The highest BCUT2D eigenvalue weighted by Gasteiger charge is 2.19. The van der Waals surface area contributed by atoms with Crippen molar-refractivity contribution in [2.45, 2.75) is 25.7 Å². The van der Waals surface area contributed by atoms with E-state index < -0.39 is 16.0 Å². The zero-order valence-corrected chi connectivity index (χ0v) is 14.4. The van der Waals surface area contributed by atoms with E-state index in [1.54, 1.807) is 32.9 Å². The lowest BCUT2D eigenvalue weighted by Crippen LogP contribution is -2.23. The SMILES string of the molecule is Cc1ccc(NS(=O)(=O)c2cc(C(=O)[O-])cc(C)c2C)cc1Cl. The van der Waals surface area contributed by atoms with E-state index in [1.165, 1.54) is 12.1 Å². The molecule has 2 rings (SSSR count). The maximum atomic E-state index is 12.6. The number of carboxylic acids is 1. The van der Waals surface area contributed by atoms with E-state index in [0.29, 0.717) is 21.8 Å². The first-order valence-electron chi connectivity index (χ1n) is 6.73. The molecule has 0 saturated heterocycles. The van der Waals surface area contributed by atoms with Crippen molar-refractivity contribution in [3.05, 3.63) is 57.6 Å². The van der Waals surface area contributed by atoms with Gasteiger partial charge in [0, 0.05) is 5.02 Å². The number of carboxylic acid groups (broad SMARTS) is 1. The van der Waals surface area contributed by atoms with Gasteiger partial charge in [0.15, 0.2) is 0 Å². The lowest BCUT2D eigenvalue weighted by Gasteiger charge is -2.15. The number of nitrogens with one attached hydrogen (secondary N) is 1. The zero-order chi connectivity index (χ0) is 17.4. The first kappa shape index (κ1) is 17.3. The summed E-state index contributed by atoms with van der Waals surface area (Å²) in [4.78, 5) is 10.9. The van der Waals surface area contributed by atoms with Crippen LogP contribution < -0.4 is 9.83 Å². The summed E-state index contributed by atoms with van der Waals surface area (Å²) in [6.45, 7) is 5.06. The van der Waals surface area contributed by atoms with Crippen LogP contribution in [-0.4, -0.2) is 14.4 Å². The van der Waals surface area contributed by atoms with E-state index in [1.807, 2.05) is 0 Å². The predicted octanol–water partition coefficient (Wildman–Crippen LogP) is 2.43. The lowest BCUT2D eigenvalue weighted by atomic mass is 10.1. The number of anilines is 1. The molecule has 0 aliphatic carbocycles. The van der Waals surface area contributed by atoms with Crippen LogP contribution in [0.4, 0.5) is 5.69 Å². The minimum absolute atomic E-state index is 0.103. The smallest absolute Gasteiger partial charge is 0.262 e. The Morgan fingerprint density at radius 2 is 1.74 bits per heavy atom. The van der Waals surface area contributed by atoms with Crippen LogP contribution in [0.1, 0.15) is 27.0 Å². The summed E-state index contributed by atoms with van der Waals surface area (Å²) in [5, 5.41) is 11.5. The first-order valence-corrected chi connectivity index (χ1v) is 8.59. The maximum Gasteiger partial charge on any atom is 0.262 e. The molecule has 2 aromatic carbocycles. The number of carbonyl (C=O) groups excluding carboxylic acids is 1. The minimum atomic E-state index is -3.95. The fourth-order valence-electron chi connectivity index (χ4n) is 2.09. The molecule has 0 bridgehead atoms. The van der Waals surface area contributed by atoms with Crippen LogP contribution in [0.3, 0.4) is 0 Å². The van der Waals surface area contributed by atoms with E-state index >= 15 is 0 Å². The summed E-state index contributed by atoms with van der Waals surface area (Å²) < 4.78 is 27.6. The van der Waals surface area contributed by atoms with Crippen molar-refractivity contribution >= 4 is 33.3 Å². The van der Waals surface area contributed by atoms with Gasteiger partial charge in [0.2, 0.25) is 0 Å². The molecule has 2 aromatic rings. The molecule has 0 radical (unpaired) electrons. The van der Waals surface area contributed by atoms with Gasteiger partial charge in [-0.25, -0.2) is 8.42 Å². The highest BCUT2D eigenvalue weighted by atomic mass is 35.5. The molecule has 0 aliphatic heterocycles. The fourth-order valence-corrected chi connectivity index (χ4v) is 3.66. The molecule has 7 heteroatoms. The number of sulfonamides is 1. The third-order valence-electron chi connectivity index (χ3n) is 3.57. The molecular formula is C16H15ClNO4S-. The number of aromatic carboxylic acids is 1. The normalized spacial score (nSPS) is 11.3. The molecule has 122 valence electrons. The molecule has 0 fully saturated rings. The topological polar surface area (TPSA) is 86.3 Å². The Morgan fingerprint density at radius 3 is 2.30 bits per heavy atom. The van der Waals surface area contributed by atoms with Crippen molar-refractivity contribution in [2.75, 3.05) is 4.72 Å². The Bertz CT molecular complexity index is 891. The van der Waals surface area contributed by atoms with Crippen LogP contribution in [-0.2, 0) is 10.0 Å². The Hall–Kier alpha value is -2.05. The van der Waals surface area contributed by atoms with E-state index in [9.17, 15) is 18.3 Å². The molecule has 0 heterocycles. The van der Waals surface area contributed by atoms with Gasteiger partial charge in [0.1, 0.15) is 0 Å².